The summed E-state index contributed by atoms with van der Waals surface area (Å²) in [6.45, 7) is 2.14. The Balaban J connectivity index is 1.85. The Morgan fingerprint density at radius 2 is 1.67 bits per heavy atom. The van der Waals surface area contributed by atoms with E-state index in [9.17, 15) is 0 Å². The molecule has 1 nitrogen and oxygen atoms in total. The molecule has 1 atom stereocenters. The normalized spacial score (nSPS) is 17.1. The van der Waals surface area contributed by atoms with Crippen LogP contribution in [0.1, 0.15) is 42.0 Å². The van der Waals surface area contributed by atoms with E-state index < -0.39 is 0 Å². The van der Waals surface area contributed by atoms with Crippen molar-refractivity contribution in [1.29, 1.82) is 0 Å². The van der Waals surface area contributed by atoms with Crippen molar-refractivity contribution < 1.29 is 0 Å². The van der Waals surface area contributed by atoms with Gasteiger partial charge in [0.1, 0.15) is 0 Å². The van der Waals surface area contributed by atoms with E-state index in [2.05, 4.69) is 65.3 Å². The SMILES string of the molecule is CC(N)(Cc1ccc(Br)cc1)c1ccc2c(c1)CCCC2. The van der Waals surface area contributed by atoms with Crippen molar-refractivity contribution >= 4 is 15.9 Å². The standard InChI is InChI=1S/C19H22BrN/c1-19(21,13-14-6-10-18(20)11-7-14)17-9-8-15-4-2-3-5-16(15)12-17/h6-12H,2-5,13,21H2,1H3. The lowest BCUT2D eigenvalue weighted by atomic mass is 9.82. The molecule has 2 heteroatoms. The third-order valence-corrected chi connectivity index (χ3v) is 5.02. The summed E-state index contributed by atoms with van der Waals surface area (Å²) in [6, 6.07) is 15.3. The highest BCUT2D eigenvalue weighted by Gasteiger charge is 2.23. The second-order valence-electron chi connectivity index (χ2n) is 6.41. The zero-order valence-corrected chi connectivity index (χ0v) is 14.1. The van der Waals surface area contributed by atoms with E-state index in [-0.39, 0.29) is 5.54 Å². The summed E-state index contributed by atoms with van der Waals surface area (Å²) in [4.78, 5) is 0. The highest BCUT2D eigenvalue weighted by Crippen LogP contribution is 2.28. The van der Waals surface area contributed by atoms with E-state index in [0.29, 0.717) is 0 Å². The summed E-state index contributed by atoms with van der Waals surface area (Å²) < 4.78 is 1.11. The summed E-state index contributed by atoms with van der Waals surface area (Å²) in [5.41, 5.74) is 11.9. The molecule has 1 aliphatic carbocycles. The molecule has 3 rings (SSSR count). The van der Waals surface area contributed by atoms with Gasteiger partial charge in [-0.25, -0.2) is 0 Å². The average Bonchev–Trinajstić information content (AvgIpc) is 2.49. The second-order valence-corrected chi connectivity index (χ2v) is 7.33. The molecule has 2 aromatic rings. The van der Waals surface area contributed by atoms with E-state index in [4.69, 9.17) is 5.73 Å². The van der Waals surface area contributed by atoms with E-state index in [0.717, 1.165) is 10.9 Å². The zero-order valence-electron chi connectivity index (χ0n) is 12.5. The van der Waals surface area contributed by atoms with Crippen LogP contribution in [0.3, 0.4) is 0 Å². The molecule has 2 N–H and O–H groups in total. The van der Waals surface area contributed by atoms with Crippen molar-refractivity contribution in [2.45, 2.75) is 44.6 Å². The number of hydrogen-bond donors (Lipinski definition) is 1. The second kappa shape index (κ2) is 5.94. The Bertz CT molecular complexity index is 629. The van der Waals surface area contributed by atoms with E-state index >= 15 is 0 Å². The lowest BCUT2D eigenvalue weighted by Gasteiger charge is -2.28. The van der Waals surface area contributed by atoms with Crippen LogP contribution in [-0.4, -0.2) is 0 Å². The van der Waals surface area contributed by atoms with Crippen LogP contribution < -0.4 is 5.73 Å². The fraction of sp³-hybridized carbons (Fsp3) is 0.368. The molecule has 110 valence electrons. The summed E-state index contributed by atoms with van der Waals surface area (Å²) in [5, 5.41) is 0. The molecule has 1 unspecified atom stereocenters. The maximum atomic E-state index is 6.63. The van der Waals surface area contributed by atoms with Gasteiger partial charge in [-0.05, 0) is 73.4 Å². The van der Waals surface area contributed by atoms with Gasteiger partial charge in [0.25, 0.3) is 0 Å². The molecule has 0 bridgehead atoms. The third-order valence-electron chi connectivity index (χ3n) is 4.49. The van der Waals surface area contributed by atoms with E-state index in [1.165, 1.54) is 47.9 Å². The number of rotatable bonds is 3. The van der Waals surface area contributed by atoms with Gasteiger partial charge in [-0.2, -0.15) is 0 Å². The first-order valence-electron chi connectivity index (χ1n) is 7.70. The minimum atomic E-state index is -0.319. The molecule has 0 saturated carbocycles. The van der Waals surface area contributed by atoms with E-state index in [1.54, 1.807) is 0 Å². The van der Waals surface area contributed by atoms with Crippen LogP contribution in [0.25, 0.3) is 0 Å². The first-order valence-corrected chi connectivity index (χ1v) is 8.49. The zero-order chi connectivity index (χ0) is 14.9. The molecule has 0 heterocycles. The molecule has 0 spiro atoms. The largest absolute Gasteiger partial charge is 0.321 e. The van der Waals surface area contributed by atoms with Gasteiger partial charge in [0.15, 0.2) is 0 Å². The Kier molecular flexibility index (Phi) is 4.19. The van der Waals surface area contributed by atoms with Gasteiger partial charge in [-0.1, -0.05) is 46.3 Å². The Hall–Kier alpha value is -1.12. The molecule has 2 aromatic carbocycles. The molecular formula is C19H22BrN. The molecule has 1 aliphatic rings. The summed E-state index contributed by atoms with van der Waals surface area (Å²) in [7, 11) is 0. The Labute approximate surface area is 135 Å². The van der Waals surface area contributed by atoms with Crippen molar-refractivity contribution in [1.82, 2.24) is 0 Å². The average molecular weight is 344 g/mol. The summed E-state index contributed by atoms with van der Waals surface area (Å²) >= 11 is 3.48. The Morgan fingerprint density at radius 1 is 1.00 bits per heavy atom. The molecule has 0 saturated heterocycles. The fourth-order valence-corrected chi connectivity index (χ4v) is 3.48. The molecule has 0 radical (unpaired) electrons. The van der Waals surface area contributed by atoms with Gasteiger partial charge in [0.05, 0.1) is 0 Å². The number of halogens is 1. The Morgan fingerprint density at radius 3 is 2.38 bits per heavy atom. The highest BCUT2D eigenvalue weighted by molar-refractivity contribution is 9.10. The summed E-state index contributed by atoms with van der Waals surface area (Å²) in [5.74, 6) is 0. The highest BCUT2D eigenvalue weighted by atomic mass is 79.9. The lowest BCUT2D eigenvalue weighted by molar-refractivity contribution is 0.490. The van der Waals surface area contributed by atoms with Crippen LogP contribution >= 0.6 is 15.9 Å². The van der Waals surface area contributed by atoms with Gasteiger partial charge in [-0.15, -0.1) is 0 Å². The van der Waals surface area contributed by atoms with Crippen LogP contribution in [-0.2, 0) is 24.8 Å². The minimum absolute atomic E-state index is 0.319. The predicted octanol–water partition coefficient (Wildman–Crippen LogP) is 4.74. The number of fused-ring (bicyclic) bond motifs is 1. The number of hydrogen-bond acceptors (Lipinski definition) is 1. The van der Waals surface area contributed by atoms with Crippen LogP contribution in [0.5, 0.6) is 0 Å². The summed E-state index contributed by atoms with van der Waals surface area (Å²) in [6.07, 6.45) is 5.93. The van der Waals surface area contributed by atoms with Gasteiger partial charge < -0.3 is 5.73 Å². The van der Waals surface area contributed by atoms with Crippen molar-refractivity contribution in [3.63, 3.8) is 0 Å². The first kappa shape index (κ1) is 14.8. The van der Waals surface area contributed by atoms with Gasteiger partial charge in [0.2, 0.25) is 0 Å². The molecule has 0 aromatic heterocycles. The molecule has 21 heavy (non-hydrogen) atoms. The van der Waals surface area contributed by atoms with Gasteiger partial charge >= 0.3 is 0 Å². The number of aryl methyl sites for hydroxylation is 2. The number of nitrogens with two attached hydrogens (primary N) is 1. The quantitative estimate of drug-likeness (QED) is 0.855. The van der Waals surface area contributed by atoms with Crippen LogP contribution in [0, 0.1) is 0 Å². The van der Waals surface area contributed by atoms with Crippen molar-refractivity contribution in [2.75, 3.05) is 0 Å². The fourth-order valence-electron chi connectivity index (χ4n) is 3.22. The maximum absolute atomic E-state index is 6.63. The predicted molar refractivity (Wildman–Crippen MR) is 92.5 cm³/mol. The van der Waals surface area contributed by atoms with Crippen LogP contribution in [0.2, 0.25) is 0 Å². The third kappa shape index (κ3) is 3.38. The van der Waals surface area contributed by atoms with Crippen LogP contribution in [0.4, 0.5) is 0 Å². The van der Waals surface area contributed by atoms with Gasteiger partial charge in [0, 0.05) is 10.0 Å². The number of benzene rings is 2. The molecule has 0 fully saturated rings. The first-order chi connectivity index (χ1) is 10.0. The minimum Gasteiger partial charge on any atom is -0.321 e. The topological polar surface area (TPSA) is 26.0 Å². The monoisotopic (exact) mass is 343 g/mol. The van der Waals surface area contributed by atoms with Crippen molar-refractivity contribution in [3.05, 3.63) is 69.2 Å². The van der Waals surface area contributed by atoms with Crippen LogP contribution in [0.15, 0.2) is 46.9 Å². The molecule has 0 amide bonds. The smallest absolute Gasteiger partial charge is 0.0421 e. The lowest BCUT2D eigenvalue weighted by Crippen LogP contribution is -2.35. The maximum Gasteiger partial charge on any atom is 0.0421 e. The molecular weight excluding hydrogens is 322 g/mol. The molecule has 0 aliphatic heterocycles. The van der Waals surface area contributed by atoms with E-state index in [1.807, 2.05) is 0 Å². The van der Waals surface area contributed by atoms with Crippen molar-refractivity contribution in [2.24, 2.45) is 5.73 Å². The van der Waals surface area contributed by atoms with Gasteiger partial charge in [-0.3, -0.25) is 0 Å². The van der Waals surface area contributed by atoms with Crippen molar-refractivity contribution in [3.8, 4) is 0 Å².